The number of halogens is 2. The zero-order valence-corrected chi connectivity index (χ0v) is 12.2. The molecule has 2 rings (SSSR count). The highest BCUT2D eigenvalue weighted by Gasteiger charge is 2.14. The number of nitrogens with one attached hydrogen (secondary N) is 1. The number of sulfone groups is 1. The van der Waals surface area contributed by atoms with Gasteiger partial charge in [0.2, 0.25) is 0 Å². The summed E-state index contributed by atoms with van der Waals surface area (Å²) < 4.78 is 35.6. The van der Waals surface area contributed by atoms with Crippen LogP contribution in [0.25, 0.3) is 0 Å². The molecule has 21 heavy (non-hydrogen) atoms. The SMILES string of the molecule is CS(=O)(=O)c1ccc(NC(=O)c2cc(F)cnc2Cl)cn1. The Labute approximate surface area is 124 Å². The van der Waals surface area contributed by atoms with Gasteiger partial charge < -0.3 is 5.32 Å². The predicted octanol–water partition coefficient (Wildman–Crippen LogP) is 1.92. The normalized spacial score (nSPS) is 11.2. The molecule has 0 bridgehead atoms. The van der Waals surface area contributed by atoms with Gasteiger partial charge >= 0.3 is 0 Å². The van der Waals surface area contributed by atoms with Crippen LogP contribution >= 0.6 is 11.6 Å². The Bertz CT molecular complexity index is 794. The van der Waals surface area contributed by atoms with E-state index in [0.29, 0.717) is 0 Å². The molecule has 1 amide bonds. The van der Waals surface area contributed by atoms with Crippen LogP contribution in [0.3, 0.4) is 0 Å². The van der Waals surface area contributed by atoms with Gasteiger partial charge in [-0.25, -0.2) is 22.8 Å². The minimum Gasteiger partial charge on any atom is -0.320 e. The van der Waals surface area contributed by atoms with Crippen molar-refractivity contribution in [1.29, 1.82) is 0 Å². The maximum atomic E-state index is 13.1. The van der Waals surface area contributed by atoms with Crippen LogP contribution in [0.5, 0.6) is 0 Å². The molecule has 0 aromatic carbocycles. The Morgan fingerprint density at radius 2 is 2.00 bits per heavy atom. The number of nitrogens with zero attached hydrogens (tertiary/aromatic N) is 2. The number of amides is 1. The molecular weight excluding hydrogens is 321 g/mol. The van der Waals surface area contributed by atoms with E-state index in [0.717, 1.165) is 18.5 Å². The lowest BCUT2D eigenvalue weighted by Gasteiger charge is -2.06. The molecule has 0 aliphatic rings. The van der Waals surface area contributed by atoms with Crippen molar-refractivity contribution >= 4 is 33.0 Å². The van der Waals surface area contributed by atoms with E-state index in [2.05, 4.69) is 15.3 Å². The average Bonchev–Trinajstić information content (AvgIpc) is 2.41. The first-order valence-corrected chi connectivity index (χ1v) is 7.83. The van der Waals surface area contributed by atoms with Gasteiger partial charge in [0, 0.05) is 6.26 Å². The summed E-state index contributed by atoms with van der Waals surface area (Å²) in [5, 5.41) is 2.15. The Kier molecular flexibility index (Phi) is 4.19. The first-order valence-electron chi connectivity index (χ1n) is 5.56. The van der Waals surface area contributed by atoms with Crippen molar-refractivity contribution in [3.05, 3.63) is 47.1 Å². The fraction of sp³-hybridized carbons (Fsp3) is 0.0833. The van der Waals surface area contributed by atoms with Gasteiger partial charge in [0.25, 0.3) is 5.91 Å². The van der Waals surface area contributed by atoms with Crippen molar-refractivity contribution in [2.75, 3.05) is 11.6 Å². The number of aromatic nitrogens is 2. The third-order valence-corrected chi connectivity index (χ3v) is 3.73. The van der Waals surface area contributed by atoms with E-state index in [1.807, 2.05) is 0 Å². The summed E-state index contributed by atoms with van der Waals surface area (Å²) in [6.07, 6.45) is 3.09. The molecule has 2 heterocycles. The number of hydrogen-bond donors (Lipinski definition) is 1. The fourth-order valence-electron chi connectivity index (χ4n) is 1.45. The molecule has 1 N–H and O–H groups in total. The first-order chi connectivity index (χ1) is 9.77. The van der Waals surface area contributed by atoms with E-state index >= 15 is 0 Å². The van der Waals surface area contributed by atoms with Gasteiger partial charge in [0.05, 0.1) is 23.6 Å². The first kappa shape index (κ1) is 15.3. The van der Waals surface area contributed by atoms with Gasteiger partial charge in [-0.1, -0.05) is 11.6 Å². The van der Waals surface area contributed by atoms with E-state index < -0.39 is 21.6 Å². The predicted molar refractivity (Wildman–Crippen MR) is 74.5 cm³/mol. The van der Waals surface area contributed by atoms with Gasteiger partial charge in [0.1, 0.15) is 11.0 Å². The lowest BCUT2D eigenvalue weighted by molar-refractivity contribution is 0.102. The second-order valence-electron chi connectivity index (χ2n) is 4.10. The van der Waals surface area contributed by atoms with Crippen molar-refractivity contribution in [3.63, 3.8) is 0 Å². The maximum absolute atomic E-state index is 13.1. The lowest BCUT2D eigenvalue weighted by Crippen LogP contribution is -2.14. The monoisotopic (exact) mass is 329 g/mol. The molecule has 0 aliphatic carbocycles. The summed E-state index contributed by atoms with van der Waals surface area (Å²) in [4.78, 5) is 19.2. The molecule has 2 aromatic heterocycles. The van der Waals surface area contributed by atoms with Crippen molar-refractivity contribution in [2.45, 2.75) is 5.03 Å². The summed E-state index contributed by atoms with van der Waals surface area (Å²) >= 11 is 5.71. The number of carbonyl (C=O) groups excluding carboxylic acids is 1. The molecule has 9 heteroatoms. The Balaban J connectivity index is 2.22. The molecule has 0 saturated heterocycles. The van der Waals surface area contributed by atoms with Crippen molar-refractivity contribution in [2.24, 2.45) is 0 Å². The van der Waals surface area contributed by atoms with E-state index in [1.54, 1.807) is 0 Å². The van der Waals surface area contributed by atoms with E-state index in [4.69, 9.17) is 11.6 Å². The van der Waals surface area contributed by atoms with Gasteiger partial charge in [-0.05, 0) is 18.2 Å². The fourth-order valence-corrected chi connectivity index (χ4v) is 2.20. The highest BCUT2D eigenvalue weighted by molar-refractivity contribution is 7.90. The van der Waals surface area contributed by atoms with E-state index in [-0.39, 0.29) is 21.4 Å². The largest absolute Gasteiger partial charge is 0.320 e. The maximum Gasteiger partial charge on any atom is 0.258 e. The third-order valence-electron chi connectivity index (χ3n) is 2.42. The Morgan fingerprint density at radius 1 is 1.29 bits per heavy atom. The number of pyridine rings is 2. The van der Waals surface area contributed by atoms with Gasteiger partial charge in [-0.2, -0.15) is 0 Å². The topological polar surface area (TPSA) is 89.0 Å². The van der Waals surface area contributed by atoms with Crippen LogP contribution in [0.15, 0.2) is 35.6 Å². The molecule has 110 valence electrons. The van der Waals surface area contributed by atoms with Crippen LogP contribution in [0.1, 0.15) is 10.4 Å². The molecule has 0 unspecified atom stereocenters. The number of carbonyl (C=O) groups is 1. The standard InChI is InChI=1S/C12H9ClFN3O3S/c1-21(19,20)10-3-2-8(6-15-10)17-12(18)9-4-7(14)5-16-11(9)13/h2-6H,1H3,(H,17,18). The molecule has 0 saturated carbocycles. The molecule has 0 fully saturated rings. The minimum atomic E-state index is -3.42. The summed E-state index contributed by atoms with van der Waals surface area (Å²) in [5.74, 6) is -1.38. The van der Waals surface area contributed by atoms with Crippen LogP contribution in [-0.2, 0) is 9.84 Å². The lowest BCUT2D eigenvalue weighted by atomic mass is 10.2. The van der Waals surface area contributed by atoms with Crippen molar-refractivity contribution in [1.82, 2.24) is 9.97 Å². The molecule has 0 aliphatic heterocycles. The highest BCUT2D eigenvalue weighted by atomic mass is 35.5. The van der Waals surface area contributed by atoms with Crippen LogP contribution < -0.4 is 5.32 Å². The van der Waals surface area contributed by atoms with Gasteiger partial charge in [0.15, 0.2) is 14.9 Å². The third kappa shape index (κ3) is 3.73. The zero-order valence-electron chi connectivity index (χ0n) is 10.7. The quantitative estimate of drug-likeness (QED) is 0.869. The van der Waals surface area contributed by atoms with Crippen LogP contribution in [0.4, 0.5) is 10.1 Å². The number of rotatable bonds is 3. The molecule has 0 spiro atoms. The molecular formula is C12H9ClFN3O3S. The molecule has 6 nitrogen and oxygen atoms in total. The minimum absolute atomic E-state index is 0.119. The van der Waals surface area contributed by atoms with Crippen molar-refractivity contribution in [3.8, 4) is 0 Å². The molecule has 0 radical (unpaired) electrons. The second kappa shape index (κ2) is 5.74. The Hall–Kier alpha value is -2.06. The van der Waals surface area contributed by atoms with Crippen LogP contribution in [0, 0.1) is 5.82 Å². The smallest absolute Gasteiger partial charge is 0.258 e. The highest BCUT2D eigenvalue weighted by Crippen LogP contribution is 2.16. The van der Waals surface area contributed by atoms with Gasteiger partial charge in [-0.15, -0.1) is 0 Å². The van der Waals surface area contributed by atoms with Crippen LogP contribution in [0.2, 0.25) is 5.15 Å². The van der Waals surface area contributed by atoms with Gasteiger partial charge in [-0.3, -0.25) is 4.79 Å². The van der Waals surface area contributed by atoms with Crippen LogP contribution in [-0.4, -0.2) is 30.5 Å². The summed E-state index contributed by atoms with van der Waals surface area (Å²) in [6.45, 7) is 0. The van der Waals surface area contributed by atoms with E-state index in [1.165, 1.54) is 18.3 Å². The summed E-state index contributed by atoms with van der Waals surface area (Å²) in [5.41, 5.74) is 0.108. The summed E-state index contributed by atoms with van der Waals surface area (Å²) in [7, 11) is -3.42. The van der Waals surface area contributed by atoms with E-state index in [9.17, 15) is 17.6 Å². The molecule has 0 atom stereocenters. The summed E-state index contributed by atoms with van der Waals surface area (Å²) in [6, 6.07) is 3.56. The second-order valence-corrected chi connectivity index (χ2v) is 6.42. The Morgan fingerprint density at radius 3 is 2.57 bits per heavy atom. The number of hydrogen-bond acceptors (Lipinski definition) is 5. The molecule has 2 aromatic rings. The number of anilines is 1. The van der Waals surface area contributed by atoms with Crippen molar-refractivity contribution < 1.29 is 17.6 Å². The zero-order chi connectivity index (χ0) is 15.6. The average molecular weight is 330 g/mol.